The molecule has 1 fully saturated rings. The predicted molar refractivity (Wildman–Crippen MR) is 155 cm³/mol. The molecule has 0 amide bonds. The van der Waals surface area contributed by atoms with Gasteiger partial charge in [-0.05, 0) is 48.0 Å². The molecule has 0 saturated carbocycles. The van der Waals surface area contributed by atoms with E-state index >= 15 is 0 Å². The van der Waals surface area contributed by atoms with Crippen LogP contribution in [0.1, 0.15) is 48.1 Å². The van der Waals surface area contributed by atoms with Crippen LogP contribution >= 0.6 is 11.6 Å². The zero-order chi connectivity index (χ0) is 28.5. The molecule has 2 heterocycles. The van der Waals surface area contributed by atoms with Gasteiger partial charge in [0.1, 0.15) is 23.0 Å². The maximum Gasteiger partial charge on any atom is 0.186 e. The molecule has 41 heavy (non-hydrogen) atoms. The molecular formula is C34H23ClFNO4. The number of hydrogen-bond acceptors (Lipinski definition) is 5. The Bertz CT molecular complexity index is 1760. The molecule has 1 spiro atoms. The van der Waals surface area contributed by atoms with Crippen LogP contribution in [0.5, 0.6) is 5.75 Å². The predicted octanol–water partition coefficient (Wildman–Crippen LogP) is 6.80. The van der Waals surface area contributed by atoms with Crippen LogP contribution < -0.4 is 9.64 Å². The normalized spacial score (nSPS) is 21.5. The smallest absolute Gasteiger partial charge is 0.186 e. The first-order chi connectivity index (χ1) is 19.9. The highest BCUT2D eigenvalue weighted by Gasteiger charge is 2.71. The fraction of sp³-hybridized carbons (Fsp3) is 0.147. The van der Waals surface area contributed by atoms with Crippen LogP contribution in [0.15, 0.2) is 97.1 Å². The summed E-state index contributed by atoms with van der Waals surface area (Å²) >= 11 is 6.26. The van der Waals surface area contributed by atoms with Crippen LogP contribution in [0.25, 0.3) is 6.08 Å². The van der Waals surface area contributed by atoms with Gasteiger partial charge >= 0.3 is 0 Å². The molecule has 0 bridgehead atoms. The average Bonchev–Trinajstić information content (AvgIpc) is 3.43. The number of hydrogen-bond donors (Lipinski definition) is 0. The number of nitrogens with zero attached hydrogens (tertiary/aromatic N) is 1. The number of ether oxygens (including phenoxy) is 1. The number of ketones is 3. The van der Waals surface area contributed by atoms with E-state index < -0.39 is 29.2 Å². The van der Waals surface area contributed by atoms with E-state index in [1.165, 1.54) is 19.2 Å². The Kier molecular flexibility index (Phi) is 5.73. The summed E-state index contributed by atoms with van der Waals surface area (Å²) in [6.07, 6.45) is 3.51. The molecule has 4 aromatic rings. The minimum Gasteiger partial charge on any atom is -0.497 e. The Labute approximate surface area is 240 Å². The summed E-state index contributed by atoms with van der Waals surface area (Å²) in [6.45, 7) is 0. The molecule has 202 valence electrons. The lowest BCUT2D eigenvalue weighted by atomic mass is 9.64. The zero-order valence-electron chi connectivity index (χ0n) is 21.9. The molecule has 1 aliphatic carbocycles. The molecule has 1 saturated heterocycles. The summed E-state index contributed by atoms with van der Waals surface area (Å²) in [5.41, 5.74) is 1.18. The van der Waals surface area contributed by atoms with Gasteiger partial charge in [-0.2, -0.15) is 0 Å². The second-order valence-electron chi connectivity index (χ2n) is 10.6. The zero-order valence-corrected chi connectivity index (χ0v) is 22.6. The van der Waals surface area contributed by atoms with Crippen LogP contribution in [0.2, 0.25) is 5.02 Å². The highest BCUT2D eigenvalue weighted by molar-refractivity contribution is 6.32. The van der Waals surface area contributed by atoms with E-state index in [2.05, 4.69) is 0 Å². The molecule has 0 N–H and O–H groups in total. The molecule has 3 aliphatic rings. The van der Waals surface area contributed by atoms with E-state index in [1.807, 2.05) is 4.90 Å². The number of carbonyl (C=O) groups is 3. The monoisotopic (exact) mass is 563 g/mol. The molecule has 0 unspecified atom stereocenters. The summed E-state index contributed by atoms with van der Waals surface area (Å²) in [5.74, 6) is -1.74. The summed E-state index contributed by atoms with van der Waals surface area (Å²) in [5, 5.41) is 0.488. The highest BCUT2D eigenvalue weighted by Crippen LogP contribution is 2.61. The molecule has 4 aromatic carbocycles. The van der Waals surface area contributed by atoms with E-state index in [-0.39, 0.29) is 17.3 Å². The van der Waals surface area contributed by atoms with Crippen molar-refractivity contribution in [3.8, 4) is 5.75 Å². The topological polar surface area (TPSA) is 63.7 Å². The Hall–Kier alpha value is -4.55. The summed E-state index contributed by atoms with van der Waals surface area (Å²) in [6, 6.07) is 23.1. The SMILES string of the molecule is COc1cccc(C(=O)[C@@H]2[C@H](c3ccc(Cl)cc3)C3(C(=O)c4ccccc4C3=O)[C@H]3C=Cc4cc(F)ccc4N23)c1. The molecular weight excluding hydrogens is 541 g/mol. The third-order valence-corrected chi connectivity index (χ3v) is 8.87. The van der Waals surface area contributed by atoms with Crippen LogP contribution in [-0.2, 0) is 0 Å². The first-order valence-corrected chi connectivity index (χ1v) is 13.6. The van der Waals surface area contributed by atoms with Gasteiger partial charge in [-0.15, -0.1) is 0 Å². The third kappa shape index (κ3) is 3.50. The van der Waals surface area contributed by atoms with Crippen molar-refractivity contribution in [1.82, 2.24) is 0 Å². The maximum absolute atomic E-state index is 14.7. The van der Waals surface area contributed by atoms with Gasteiger partial charge in [-0.1, -0.05) is 72.3 Å². The summed E-state index contributed by atoms with van der Waals surface area (Å²) in [4.78, 5) is 45.7. The van der Waals surface area contributed by atoms with Crippen LogP contribution in [0.3, 0.4) is 0 Å². The molecule has 5 nitrogen and oxygen atoms in total. The Morgan fingerprint density at radius 2 is 1.61 bits per heavy atom. The van der Waals surface area contributed by atoms with Gasteiger partial charge in [0, 0.05) is 38.9 Å². The maximum atomic E-state index is 14.7. The molecule has 7 heteroatoms. The van der Waals surface area contributed by atoms with Gasteiger partial charge in [0.15, 0.2) is 17.3 Å². The van der Waals surface area contributed by atoms with Gasteiger partial charge in [-0.3, -0.25) is 14.4 Å². The van der Waals surface area contributed by atoms with E-state index in [0.717, 1.165) is 0 Å². The highest BCUT2D eigenvalue weighted by atomic mass is 35.5. The van der Waals surface area contributed by atoms with E-state index in [4.69, 9.17) is 16.3 Å². The molecule has 7 rings (SSSR count). The van der Waals surface area contributed by atoms with Gasteiger partial charge in [-0.25, -0.2) is 4.39 Å². The van der Waals surface area contributed by atoms with Crippen LogP contribution in [-0.4, -0.2) is 36.5 Å². The third-order valence-electron chi connectivity index (χ3n) is 8.62. The molecule has 2 aliphatic heterocycles. The number of halogens is 2. The van der Waals surface area contributed by atoms with Crippen LogP contribution in [0, 0.1) is 11.2 Å². The Balaban J connectivity index is 1.54. The number of Topliss-reactive ketones (excluding diaryl/α,β-unsaturated/α-hetero) is 3. The fourth-order valence-corrected chi connectivity index (χ4v) is 7.06. The van der Waals surface area contributed by atoms with E-state index in [9.17, 15) is 18.8 Å². The number of anilines is 1. The van der Waals surface area contributed by atoms with Gasteiger partial charge in [0.05, 0.1) is 13.2 Å². The van der Waals surface area contributed by atoms with Crippen LogP contribution in [0.4, 0.5) is 10.1 Å². The molecule has 3 atom stereocenters. The van der Waals surface area contributed by atoms with E-state index in [0.29, 0.717) is 44.3 Å². The molecule has 0 radical (unpaired) electrons. The minimum atomic E-state index is -1.64. The second kappa shape index (κ2) is 9.25. The van der Waals surface area contributed by atoms with Crippen molar-refractivity contribution in [2.75, 3.05) is 12.0 Å². The van der Waals surface area contributed by atoms with Crippen molar-refractivity contribution in [2.45, 2.75) is 18.0 Å². The lowest BCUT2D eigenvalue weighted by Gasteiger charge is -2.37. The minimum absolute atomic E-state index is 0.284. The van der Waals surface area contributed by atoms with Gasteiger partial charge in [0.2, 0.25) is 0 Å². The van der Waals surface area contributed by atoms with Gasteiger partial charge in [0.25, 0.3) is 0 Å². The summed E-state index contributed by atoms with van der Waals surface area (Å²) in [7, 11) is 1.52. The number of carbonyl (C=O) groups excluding carboxylic acids is 3. The quantitative estimate of drug-likeness (QED) is 0.202. The number of methoxy groups -OCH3 is 1. The van der Waals surface area contributed by atoms with Crippen molar-refractivity contribution in [2.24, 2.45) is 5.41 Å². The molecule has 0 aromatic heterocycles. The lowest BCUT2D eigenvalue weighted by Crippen LogP contribution is -2.48. The van der Waals surface area contributed by atoms with Crippen molar-refractivity contribution >= 4 is 40.7 Å². The van der Waals surface area contributed by atoms with Gasteiger partial charge < -0.3 is 9.64 Å². The average molecular weight is 564 g/mol. The second-order valence-corrected chi connectivity index (χ2v) is 11.0. The Morgan fingerprint density at radius 1 is 0.902 bits per heavy atom. The van der Waals surface area contributed by atoms with Crippen molar-refractivity contribution < 1.29 is 23.5 Å². The van der Waals surface area contributed by atoms with E-state index in [1.54, 1.807) is 91.0 Å². The number of benzene rings is 4. The Morgan fingerprint density at radius 3 is 2.29 bits per heavy atom. The van der Waals surface area contributed by atoms with Crippen molar-refractivity contribution in [3.63, 3.8) is 0 Å². The first-order valence-electron chi connectivity index (χ1n) is 13.2. The largest absolute Gasteiger partial charge is 0.497 e. The number of rotatable bonds is 4. The lowest BCUT2D eigenvalue weighted by molar-refractivity contribution is 0.0666. The standard InChI is InChI=1S/C34H23ClFNO4/c1-41-24-6-4-5-21(18-24)31(38)30-29(19-9-12-22(35)13-10-19)34(32(39)25-7-2-3-8-26(25)33(34)40)28-16-11-20-17-23(36)14-15-27(20)37(28)30/h2-18,28-30H,1H3/t28-,29+,30+/m1/s1. The first kappa shape index (κ1) is 25.4. The van der Waals surface area contributed by atoms with Crippen molar-refractivity contribution in [3.05, 3.63) is 136 Å². The number of fused-ring (bicyclic) bond motifs is 5. The summed E-state index contributed by atoms with van der Waals surface area (Å²) < 4.78 is 19.8. The van der Waals surface area contributed by atoms with Crippen molar-refractivity contribution in [1.29, 1.82) is 0 Å². The fourth-order valence-electron chi connectivity index (χ4n) is 6.94.